The zero-order valence-corrected chi connectivity index (χ0v) is 17.5. The van der Waals surface area contributed by atoms with Gasteiger partial charge in [-0.3, -0.25) is 4.99 Å². The Morgan fingerprint density at radius 2 is 1.86 bits per heavy atom. The number of hydrogen-bond acceptors (Lipinski definition) is 3. The summed E-state index contributed by atoms with van der Waals surface area (Å²) >= 11 is 0. The zero-order valence-electron chi connectivity index (χ0n) is 14.3. The Labute approximate surface area is 153 Å². The van der Waals surface area contributed by atoms with E-state index < -0.39 is 10.0 Å². The summed E-state index contributed by atoms with van der Waals surface area (Å²) in [5.74, 6) is 0.746. The van der Waals surface area contributed by atoms with Gasteiger partial charge in [-0.25, -0.2) is 13.1 Å². The fourth-order valence-electron chi connectivity index (χ4n) is 1.90. The Bertz CT molecular complexity index is 388. The fourth-order valence-corrected chi connectivity index (χ4v) is 2.36. The maximum absolute atomic E-state index is 11.0. The van der Waals surface area contributed by atoms with E-state index in [0.29, 0.717) is 19.1 Å². The van der Waals surface area contributed by atoms with Crippen LogP contribution in [0.4, 0.5) is 0 Å². The van der Waals surface area contributed by atoms with Gasteiger partial charge in [0.2, 0.25) is 10.0 Å². The van der Waals surface area contributed by atoms with Crippen LogP contribution in [0.2, 0.25) is 0 Å². The van der Waals surface area contributed by atoms with E-state index in [1.165, 1.54) is 25.7 Å². The largest absolute Gasteiger partial charge is 0.357 e. The van der Waals surface area contributed by atoms with Crippen molar-refractivity contribution in [1.82, 2.24) is 15.4 Å². The second kappa shape index (κ2) is 14.5. The molecule has 22 heavy (non-hydrogen) atoms. The number of nitrogens with one attached hydrogen (secondary N) is 3. The van der Waals surface area contributed by atoms with Crippen LogP contribution in [0.15, 0.2) is 4.99 Å². The van der Waals surface area contributed by atoms with Crippen molar-refractivity contribution in [2.75, 3.05) is 25.9 Å². The highest BCUT2D eigenvalue weighted by atomic mass is 127. The third-order valence-electron chi connectivity index (χ3n) is 2.96. The van der Waals surface area contributed by atoms with E-state index in [2.05, 4.69) is 34.2 Å². The molecular formula is C14H33IN4O2S. The highest BCUT2D eigenvalue weighted by molar-refractivity contribution is 14.0. The lowest BCUT2D eigenvalue weighted by Crippen LogP contribution is -2.42. The van der Waals surface area contributed by atoms with Crippen LogP contribution < -0.4 is 15.4 Å². The molecule has 0 aromatic rings. The number of halogens is 1. The van der Waals surface area contributed by atoms with Crippen molar-refractivity contribution in [3.8, 4) is 0 Å². The molecule has 3 N–H and O–H groups in total. The summed E-state index contributed by atoms with van der Waals surface area (Å²) in [6.07, 6.45) is 7.30. The summed E-state index contributed by atoms with van der Waals surface area (Å²) in [6.45, 7) is 7.90. The van der Waals surface area contributed by atoms with E-state index in [4.69, 9.17) is 0 Å². The van der Waals surface area contributed by atoms with Gasteiger partial charge in [0, 0.05) is 19.1 Å². The number of unbranched alkanes of at least 4 members (excludes halogenated alkanes) is 3. The lowest BCUT2D eigenvalue weighted by atomic mass is 10.1. The summed E-state index contributed by atoms with van der Waals surface area (Å²) in [5, 5.41) is 6.53. The maximum atomic E-state index is 11.0. The first-order valence-corrected chi connectivity index (χ1v) is 9.77. The van der Waals surface area contributed by atoms with Gasteiger partial charge in [-0.15, -0.1) is 24.0 Å². The van der Waals surface area contributed by atoms with E-state index in [-0.39, 0.29) is 24.0 Å². The molecular weight excluding hydrogens is 415 g/mol. The monoisotopic (exact) mass is 448 g/mol. The van der Waals surface area contributed by atoms with E-state index in [1.54, 1.807) is 0 Å². The smallest absolute Gasteiger partial charge is 0.208 e. The Balaban J connectivity index is 0. The van der Waals surface area contributed by atoms with Gasteiger partial charge in [0.15, 0.2) is 5.96 Å². The van der Waals surface area contributed by atoms with Gasteiger partial charge in [0.05, 0.1) is 12.8 Å². The van der Waals surface area contributed by atoms with Crippen LogP contribution in [0.1, 0.15) is 52.9 Å². The Kier molecular flexibility index (Phi) is 15.9. The van der Waals surface area contributed by atoms with Gasteiger partial charge in [-0.05, 0) is 20.3 Å². The molecule has 1 atom stereocenters. The summed E-state index contributed by atoms with van der Waals surface area (Å²) in [7, 11) is -3.13. The quantitative estimate of drug-likeness (QED) is 0.196. The predicted molar refractivity (Wildman–Crippen MR) is 106 cm³/mol. The molecule has 1 unspecified atom stereocenters. The number of aliphatic imine (C=N–C) groups is 1. The molecule has 0 aliphatic carbocycles. The summed E-state index contributed by atoms with van der Waals surface area (Å²) in [5.41, 5.74) is 0. The Morgan fingerprint density at radius 1 is 1.18 bits per heavy atom. The standard InChI is InChI=1S/C14H32N4O2S.HI/c1-5-7-8-9-10-13(3)18-14(15-6-2)16-11-12-17-21(4,19)20;/h13,17H,5-12H2,1-4H3,(H2,15,16,18);1H. The molecule has 134 valence electrons. The van der Waals surface area contributed by atoms with Crippen LogP contribution in [0.25, 0.3) is 0 Å². The maximum Gasteiger partial charge on any atom is 0.208 e. The minimum absolute atomic E-state index is 0. The van der Waals surface area contributed by atoms with Gasteiger partial charge in [-0.2, -0.15) is 0 Å². The van der Waals surface area contributed by atoms with Crippen molar-refractivity contribution in [1.29, 1.82) is 0 Å². The van der Waals surface area contributed by atoms with Gasteiger partial charge < -0.3 is 10.6 Å². The molecule has 0 amide bonds. The van der Waals surface area contributed by atoms with Crippen LogP contribution in [0.3, 0.4) is 0 Å². The van der Waals surface area contributed by atoms with Crippen molar-refractivity contribution in [3.05, 3.63) is 0 Å². The van der Waals surface area contributed by atoms with Crippen molar-refractivity contribution >= 4 is 40.0 Å². The van der Waals surface area contributed by atoms with Crippen molar-refractivity contribution < 1.29 is 8.42 Å². The Hall–Kier alpha value is -0.0900. The minimum atomic E-state index is -3.13. The van der Waals surface area contributed by atoms with Crippen molar-refractivity contribution in [3.63, 3.8) is 0 Å². The first-order valence-electron chi connectivity index (χ1n) is 7.88. The second-order valence-corrected chi connectivity index (χ2v) is 7.15. The summed E-state index contributed by atoms with van der Waals surface area (Å²) in [4.78, 5) is 4.37. The van der Waals surface area contributed by atoms with Crippen LogP contribution in [-0.4, -0.2) is 46.3 Å². The molecule has 0 rings (SSSR count). The van der Waals surface area contributed by atoms with Crippen LogP contribution in [0.5, 0.6) is 0 Å². The topological polar surface area (TPSA) is 82.6 Å². The van der Waals surface area contributed by atoms with E-state index in [1.807, 2.05) is 6.92 Å². The molecule has 0 bridgehead atoms. The highest BCUT2D eigenvalue weighted by Crippen LogP contribution is 2.05. The lowest BCUT2D eigenvalue weighted by molar-refractivity contribution is 0.537. The molecule has 0 aromatic carbocycles. The molecule has 0 radical (unpaired) electrons. The van der Waals surface area contributed by atoms with Crippen molar-refractivity contribution in [2.24, 2.45) is 4.99 Å². The number of sulfonamides is 1. The number of hydrogen-bond donors (Lipinski definition) is 3. The molecule has 0 aliphatic rings. The molecule has 0 aromatic heterocycles. The highest BCUT2D eigenvalue weighted by Gasteiger charge is 2.05. The summed E-state index contributed by atoms with van der Waals surface area (Å²) in [6, 6.07) is 0.363. The second-order valence-electron chi connectivity index (χ2n) is 5.32. The number of nitrogens with zero attached hydrogens (tertiary/aromatic N) is 1. The molecule has 0 aliphatic heterocycles. The van der Waals surface area contributed by atoms with Gasteiger partial charge >= 0.3 is 0 Å². The minimum Gasteiger partial charge on any atom is -0.357 e. The van der Waals surface area contributed by atoms with Crippen LogP contribution in [-0.2, 0) is 10.0 Å². The fraction of sp³-hybridized carbons (Fsp3) is 0.929. The first kappa shape index (κ1) is 24.2. The van der Waals surface area contributed by atoms with E-state index in [0.717, 1.165) is 25.2 Å². The Morgan fingerprint density at radius 3 is 2.41 bits per heavy atom. The molecule has 0 fully saturated rings. The number of guanidine groups is 1. The summed E-state index contributed by atoms with van der Waals surface area (Å²) < 4.78 is 24.4. The molecule has 0 heterocycles. The normalized spacial score (nSPS) is 13.4. The SMILES string of the molecule is CCCCCCC(C)NC(=NCCNS(C)(=O)=O)NCC.I. The average Bonchev–Trinajstić information content (AvgIpc) is 2.39. The van der Waals surface area contributed by atoms with Gasteiger partial charge in [0.1, 0.15) is 0 Å². The van der Waals surface area contributed by atoms with Crippen LogP contribution in [0, 0.1) is 0 Å². The third-order valence-corrected chi connectivity index (χ3v) is 3.69. The lowest BCUT2D eigenvalue weighted by Gasteiger charge is -2.17. The van der Waals surface area contributed by atoms with E-state index >= 15 is 0 Å². The average molecular weight is 448 g/mol. The van der Waals surface area contributed by atoms with Crippen LogP contribution >= 0.6 is 24.0 Å². The molecule has 0 saturated heterocycles. The van der Waals surface area contributed by atoms with E-state index in [9.17, 15) is 8.42 Å². The molecule has 0 saturated carbocycles. The predicted octanol–water partition coefficient (Wildman–Crippen LogP) is 2.07. The third kappa shape index (κ3) is 16.3. The molecule has 8 heteroatoms. The zero-order chi connectivity index (χ0) is 16.1. The van der Waals surface area contributed by atoms with Gasteiger partial charge in [-0.1, -0.05) is 32.6 Å². The first-order chi connectivity index (χ1) is 9.89. The molecule has 0 spiro atoms. The van der Waals surface area contributed by atoms with Gasteiger partial charge in [0.25, 0.3) is 0 Å². The molecule has 6 nitrogen and oxygen atoms in total. The van der Waals surface area contributed by atoms with Crippen molar-refractivity contribution in [2.45, 2.75) is 58.9 Å². The number of rotatable bonds is 11.